The number of fused-ring (bicyclic) bond motifs is 1. The van der Waals surface area contributed by atoms with Crippen LogP contribution in [-0.2, 0) is 17.7 Å². The van der Waals surface area contributed by atoms with E-state index in [0.717, 1.165) is 26.1 Å². The maximum Gasteiger partial charge on any atom is 0.272 e. The molecule has 0 amide bonds. The minimum Gasteiger partial charge on any atom is -0.454 e. The summed E-state index contributed by atoms with van der Waals surface area (Å²) in [6, 6.07) is 8.31. The smallest absolute Gasteiger partial charge is 0.272 e. The third-order valence-corrected chi connectivity index (χ3v) is 4.86. The van der Waals surface area contributed by atoms with E-state index >= 15 is 0 Å². The lowest BCUT2D eigenvalue weighted by Gasteiger charge is -2.28. The average molecular weight is 397 g/mol. The number of ether oxygens (including phenoxy) is 2. The van der Waals surface area contributed by atoms with Gasteiger partial charge in [0, 0.05) is 38.9 Å². The fraction of sp³-hybridized carbons (Fsp3) is 0.333. The Balaban J connectivity index is 1.77. The van der Waals surface area contributed by atoms with Gasteiger partial charge in [0.1, 0.15) is 5.75 Å². The Morgan fingerprint density at radius 3 is 2.58 bits per heavy atom. The number of hydrogen-bond acceptors (Lipinski definition) is 5. The SMILES string of the molecule is COCCN1CCc2cc(Oc3c(Cl)cc([N+](=O)[O-])cc3Cl)ccc2C1. The van der Waals surface area contributed by atoms with Crippen LogP contribution < -0.4 is 4.74 Å². The fourth-order valence-electron chi connectivity index (χ4n) is 2.93. The van der Waals surface area contributed by atoms with Crippen LogP contribution in [0.15, 0.2) is 30.3 Å². The van der Waals surface area contributed by atoms with E-state index in [1.807, 2.05) is 18.2 Å². The molecule has 1 aliphatic heterocycles. The standard InChI is InChI=1S/C18H18Cl2N2O4/c1-25-7-6-21-5-4-12-8-15(3-2-13(12)11-21)26-18-16(19)9-14(22(23)24)10-17(18)20/h2-3,8-10H,4-7,11H2,1H3. The molecule has 0 aliphatic carbocycles. The van der Waals surface area contributed by atoms with Crippen molar-refractivity contribution in [3.8, 4) is 11.5 Å². The second-order valence-electron chi connectivity index (χ2n) is 6.05. The average Bonchev–Trinajstić information content (AvgIpc) is 2.62. The van der Waals surface area contributed by atoms with E-state index in [2.05, 4.69) is 4.90 Å². The third kappa shape index (κ3) is 4.27. The van der Waals surface area contributed by atoms with Crippen LogP contribution in [0.5, 0.6) is 11.5 Å². The molecule has 3 rings (SSSR count). The molecule has 2 aromatic rings. The second-order valence-corrected chi connectivity index (χ2v) is 6.86. The quantitative estimate of drug-likeness (QED) is 0.522. The minimum atomic E-state index is -0.546. The molecule has 0 N–H and O–H groups in total. The Morgan fingerprint density at radius 2 is 1.92 bits per heavy atom. The zero-order valence-corrected chi connectivity index (χ0v) is 15.7. The molecule has 6 nitrogen and oxygen atoms in total. The van der Waals surface area contributed by atoms with Crippen LogP contribution in [0.4, 0.5) is 5.69 Å². The van der Waals surface area contributed by atoms with Crippen molar-refractivity contribution in [1.82, 2.24) is 4.90 Å². The van der Waals surface area contributed by atoms with Crippen molar-refractivity contribution < 1.29 is 14.4 Å². The zero-order chi connectivity index (χ0) is 18.7. The van der Waals surface area contributed by atoms with Gasteiger partial charge in [0.05, 0.1) is 21.6 Å². The molecule has 0 unspecified atom stereocenters. The van der Waals surface area contributed by atoms with E-state index in [-0.39, 0.29) is 21.5 Å². The Morgan fingerprint density at radius 1 is 1.19 bits per heavy atom. The van der Waals surface area contributed by atoms with Gasteiger partial charge in [-0.1, -0.05) is 29.3 Å². The molecular weight excluding hydrogens is 379 g/mol. The van der Waals surface area contributed by atoms with E-state index in [4.69, 9.17) is 32.7 Å². The maximum atomic E-state index is 10.9. The number of halogens is 2. The number of nitro benzene ring substituents is 1. The number of nitrogens with zero attached hydrogens (tertiary/aromatic N) is 2. The van der Waals surface area contributed by atoms with Crippen LogP contribution in [0.2, 0.25) is 10.0 Å². The van der Waals surface area contributed by atoms with Gasteiger partial charge in [0.2, 0.25) is 0 Å². The Labute approximate surface area is 161 Å². The van der Waals surface area contributed by atoms with E-state index in [9.17, 15) is 10.1 Å². The molecule has 0 spiro atoms. The molecule has 0 radical (unpaired) electrons. The number of benzene rings is 2. The van der Waals surface area contributed by atoms with Crippen molar-refractivity contribution in [1.29, 1.82) is 0 Å². The molecule has 0 bridgehead atoms. The predicted octanol–water partition coefficient (Wildman–Crippen LogP) is 4.70. The van der Waals surface area contributed by atoms with Gasteiger partial charge in [-0.25, -0.2) is 0 Å². The van der Waals surface area contributed by atoms with Gasteiger partial charge in [-0.2, -0.15) is 0 Å². The summed E-state index contributed by atoms with van der Waals surface area (Å²) in [6.07, 6.45) is 0.915. The van der Waals surface area contributed by atoms with Crippen molar-refractivity contribution in [2.45, 2.75) is 13.0 Å². The van der Waals surface area contributed by atoms with Crippen LogP contribution in [0.25, 0.3) is 0 Å². The highest BCUT2D eigenvalue weighted by Crippen LogP contribution is 2.40. The summed E-state index contributed by atoms with van der Waals surface area (Å²) in [7, 11) is 1.70. The molecule has 26 heavy (non-hydrogen) atoms. The third-order valence-electron chi connectivity index (χ3n) is 4.29. The maximum absolute atomic E-state index is 10.9. The summed E-state index contributed by atoms with van der Waals surface area (Å²) in [6.45, 7) is 3.45. The summed E-state index contributed by atoms with van der Waals surface area (Å²) in [5, 5.41) is 11.1. The first kappa shape index (κ1) is 18.9. The lowest BCUT2D eigenvalue weighted by atomic mass is 9.99. The van der Waals surface area contributed by atoms with Gasteiger partial charge in [-0.05, 0) is 29.7 Å². The number of hydrogen-bond donors (Lipinski definition) is 0. The highest BCUT2D eigenvalue weighted by Gasteiger charge is 2.19. The van der Waals surface area contributed by atoms with E-state index < -0.39 is 4.92 Å². The van der Waals surface area contributed by atoms with Crippen molar-refractivity contribution >= 4 is 28.9 Å². The van der Waals surface area contributed by atoms with Gasteiger partial charge in [-0.3, -0.25) is 15.0 Å². The van der Waals surface area contributed by atoms with Crippen LogP contribution in [0.3, 0.4) is 0 Å². The molecule has 0 saturated heterocycles. The Kier molecular flexibility index (Phi) is 5.98. The Bertz CT molecular complexity index is 806. The number of rotatable bonds is 6. The molecule has 0 fully saturated rings. The molecule has 138 valence electrons. The molecule has 8 heteroatoms. The second kappa shape index (κ2) is 8.22. The highest BCUT2D eigenvalue weighted by molar-refractivity contribution is 6.37. The van der Waals surface area contributed by atoms with Crippen molar-refractivity contribution in [2.24, 2.45) is 0 Å². The van der Waals surface area contributed by atoms with Crippen LogP contribution >= 0.6 is 23.2 Å². The molecule has 0 atom stereocenters. The molecule has 1 heterocycles. The van der Waals surface area contributed by atoms with Crippen LogP contribution in [-0.4, -0.2) is 36.6 Å². The number of nitro groups is 1. The monoisotopic (exact) mass is 396 g/mol. The predicted molar refractivity (Wildman–Crippen MR) is 100 cm³/mol. The van der Waals surface area contributed by atoms with Gasteiger partial charge in [-0.15, -0.1) is 0 Å². The first-order valence-corrected chi connectivity index (χ1v) is 8.88. The van der Waals surface area contributed by atoms with Crippen LogP contribution in [0, 0.1) is 10.1 Å². The topological polar surface area (TPSA) is 64.8 Å². The fourth-order valence-corrected chi connectivity index (χ4v) is 3.48. The van der Waals surface area contributed by atoms with E-state index in [1.54, 1.807) is 7.11 Å². The zero-order valence-electron chi connectivity index (χ0n) is 14.2. The summed E-state index contributed by atoms with van der Waals surface area (Å²) in [4.78, 5) is 12.7. The van der Waals surface area contributed by atoms with Gasteiger partial charge >= 0.3 is 0 Å². The molecule has 2 aromatic carbocycles. The summed E-state index contributed by atoms with van der Waals surface area (Å²) in [5.41, 5.74) is 2.29. The summed E-state index contributed by atoms with van der Waals surface area (Å²) >= 11 is 12.2. The molecule has 1 aliphatic rings. The van der Waals surface area contributed by atoms with Crippen molar-refractivity contribution in [3.05, 3.63) is 61.6 Å². The van der Waals surface area contributed by atoms with E-state index in [0.29, 0.717) is 12.4 Å². The van der Waals surface area contributed by atoms with Crippen LogP contribution in [0.1, 0.15) is 11.1 Å². The van der Waals surface area contributed by atoms with Crippen molar-refractivity contribution in [2.75, 3.05) is 26.8 Å². The van der Waals surface area contributed by atoms with Gasteiger partial charge in [0.25, 0.3) is 5.69 Å². The lowest BCUT2D eigenvalue weighted by molar-refractivity contribution is -0.384. The van der Waals surface area contributed by atoms with Gasteiger partial charge in [0.15, 0.2) is 5.75 Å². The first-order chi connectivity index (χ1) is 12.5. The van der Waals surface area contributed by atoms with Crippen molar-refractivity contribution in [3.63, 3.8) is 0 Å². The Hall–Kier alpha value is -1.86. The summed E-state index contributed by atoms with van der Waals surface area (Å²) in [5.74, 6) is 0.822. The number of methoxy groups -OCH3 is 1. The lowest BCUT2D eigenvalue weighted by Crippen LogP contribution is -2.33. The molecular formula is C18H18Cl2N2O4. The largest absolute Gasteiger partial charge is 0.454 e. The number of non-ortho nitro benzene ring substituents is 1. The first-order valence-electron chi connectivity index (χ1n) is 8.12. The highest BCUT2D eigenvalue weighted by atomic mass is 35.5. The van der Waals surface area contributed by atoms with E-state index in [1.165, 1.54) is 23.3 Å². The normalized spacial score (nSPS) is 14.1. The minimum absolute atomic E-state index is 0.104. The molecule has 0 aromatic heterocycles. The summed E-state index contributed by atoms with van der Waals surface area (Å²) < 4.78 is 10.9. The van der Waals surface area contributed by atoms with Gasteiger partial charge < -0.3 is 9.47 Å². The molecule has 0 saturated carbocycles.